The van der Waals surface area contributed by atoms with Gasteiger partial charge in [0.25, 0.3) is 5.56 Å². The van der Waals surface area contributed by atoms with Gasteiger partial charge in [0.1, 0.15) is 0 Å². The SMILES string of the molecule is CCC(O)c1cnc2c(n1)c(=O)[nH]c(=O)n2C. The topological polar surface area (TPSA) is 101 Å². The van der Waals surface area contributed by atoms with Crippen LogP contribution in [0.1, 0.15) is 25.1 Å². The van der Waals surface area contributed by atoms with Gasteiger partial charge in [0.2, 0.25) is 0 Å². The Morgan fingerprint density at radius 2 is 2.24 bits per heavy atom. The molecule has 0 aliphatic carbocycles. The minimum Gasteiger partial charge on any atom is -0.387 e. The number of aliphatic hydroxyl groups is 1. The Balaban J connectivity index is 2.79. The molecule has 2 rings (SSSR count). The first-order valence-electron chi connectivity index (χ1n) is 5.18. The van der Waals surface area contributed by atoms with E-state index < -0.39 is 17.4 Å². The molecule has 0 aliphatic heterocycles. The third-order valence-corrected chi connectivity index (χ3v) is 2.56. The summed E-state index contributed by atoms with van der Waals surface area (Å²) in [6.07, 6.45) is 1.09. The second kappa shape index (κ2) is 4.10. The molecule has 2 N–H and O–H groups in total. The summed E-state index contributed by atoms with van der Waals surface area (Å²) in [6.45, 7) is 1.79. The Hall–Kier alpha value is -2.02. The average molecular weight is 236 g/mol. The van der Waals surface area contributed by atoms with Gasteiger partial charge in [-0.25, -0.2) is 14.8 Å². The maximum Gasteiger partial charge on any atom is 0.329 e. The van der Waals surface area contributed by atoms with Crippen LogP contribution in [0, 0.1) is 0 Å². The van der Waals surface area contributed by atoms with Crippen LogP contribution in [0.2, 0.25) is 0 Å². The Morgan fingerprint density at radius 3 is 2.88 bits per heavy atom. The molecule has 0 fully saturated rings. The molecule has 2 aromatic heterocycles. The van der Waals surface area contributed by atoms with E-state index in [2.05, 4.69) is 15.0 Å². The molecule has 1 unspecified atom stereocenters. The molecule has 0 spiro atoms. The van der Waals surface area contributed by atoms with E-state index in [0.717, 1.165) is 0 Å². The van der Waals surface area contributed by atoms with Crippen LogP contribution < -0.4 is 11.2 Å². The summed E-state index contributed by atoms with van der Waals surface area (Å²) >= 11 is 0. The van der Waals surface area contributed by atoms with Crippen molar-refractivity contribution in [2.24, 2.45) is 7.05 Å². The number of fused-ring (bicyclic) bond motifs is 1. The smallest absolute Gasteiger partial charge is 0.329 e. The summed E-state index contributed by atoms with van der Waals surface area (Å²) < 4.78 is 1.20. The summed E-state index contributed by atoms with van der Waals surface area (Å²) in [6, 6.07) is 0. The van der Waals surface area contributed by atoms with E-state index in [1.165, 1.54) is 17.8 Å². The summed E-state index contributed by atoms with van der Waals surface area (Å²) in [5.41, 5.74) is -0.562. The molecular formula is C10H12N4O3. The fourth-order valence-electron chi connectivity index (χ4n) is 1.50. The van der Waals surface area contributed by atoms with Crippen molar-refractivity contribution in [1.82, 2.24) is 19.5 Å². The predicted molar refractivity (Wildman–Crippen MR) is 60.7 cm³/mol. The Kier molecular flexibility index (Phi) is 2.76. The van der Waals surface area contributed by atoms with Crippen molar-refractivity contribution in [3.63, 3.8) is 0 Å². The van der Waals surface area contributed by atoms with Crippen molar-refractivity contribution in [3.8, 4) is 0 Å². The molecule has 0 aliphatic rings. The van der Waals surface area contributed by atoms with Crippen LogP contribution in [0.4, 0.5) is 0 Å². The molecule has 17 heavy (non-hydrogen) atoms. The maximum atomic E-state index is 11.6. The first kappa shape index (κ1) is 11.5. The third-order valence-electron chi connectivity index (χ3n) is 2.56. The van der Waals surface area contributed by atoms with Crippen molar-refractivity contribution in [3.05, 3.63) is 32.7 Å². The Morgan fingerprint density at radius 1 is 1.53 bits per heavy atom. The Bertz CT molecular complexity index is 673. The van der Waals surface area contributed by atoms with Gasteiger partial charge in [-0.3, -0.25) is 14.3 Å². The molecule has 0 amide bonds. The Labute approximate surface area is 95.8 Å². The molecule has 0 aromatic carbocycles. The highest BCUT2D eigenvalue weighted by molar-refractivity contribution is 5.68. The van der Waals surface area contributed by atoms with Crippen LogP contribution in [0.15, 0.2) is 15.8 Å². The highest BCUT2D eigenvalue weighted by Crippen LogP contribution is 2.13. The van der Waals surface area contributed by atoms with Gasteiger partial charge in [0.15, 0.2) is 11.2 Å². The molecule has 90 valence electrons. The minimum atomic E-state index is -0.761. The number of aromatic amines is 1. The lowest BCUT2D eigenvalue weighted by atomic mass is 10.2. The molecule has 0 radical (unpaired) electrons. The van der Waals surface area contributed by atoms with Gasteiger partial charge in [0.05, 0.1) is 18.0 Å². The minimum absolute atomic E-state index is 0.0529. The summed E-state index contributed by atoms with van der Waals surface area (Å²) in [5.74, 6) is 0. The van der Waals surface area contributed by atoms with Crippen molar-refractivity contribution < 1.29 is 5.11 Å². The number of nitrogens with one attached hydrogen (secondary N) is 1. The highest BCUT2D eigenvalue weighted by Gasteiger charge is 2.12. The fourth-order valence-corrected chi connectivity index (χ4v) is 1.50. The number of hydrogen-bond acceptors (Lipinski definition) is 5. The third kappa shape index (κ3) is 1.84. The van der Waals surface area contributed by atoms with Crippen molar-refractivity contribution in [1.29, 1.82) is 0 Å². The van der Waals surface area contributed by atoms with Crippen molar-refractivity contribution in [2.75, 3.05) is 0 Å². The molecule has 0 bridgehead atoms. The number of H-pyrrole nitrogens is 1. The van der Waals surface area contributed by atoms with Crippen LogP contribution in [-0.4, -0.2) is 24.6 Å². The van der Waals surface area contributed by atoms with Crippen LogP contribution >= 0.6 is 0 Å². The van der Waals surface area contributed by atoms with Gasteiger partial charge in [-0.2, -0.15) is 0 Å². The molecule has 0 saturated carbocycles. The molecule has 2 heterocycles. The predicted octanol–water partition coefficient (Wildman–Crippen LogP) is -0.540. The molecule has 7 heteroatoms. The van der Waals surface area contributed by atoms with Gasteiger partial charge < -0.3 is 5.11 Å². The number of aryl methyl sites for hydroxylation is 1. The molecular weight excluding hydrogens is 224 g/mol. The van der Waals surface area contributed by atoms with Crippen molar-refractivity contribution >= 4 is 11.2 Å². The lowest BCUT2D eigenvalue weighted by Gasteiger charge is -2.08. The lowest BCUT2D eigenvalue weighted by Crippen LogP contribution is -2.29. The second-order valence-corrected chi connectivity index (χ2v) is 3.71. The number of hydrogen-bond donors (Lipinski definition) is 2. The van der Waals surface area contributed by atoms with Gasteiger partial charge in [0, 0.05) is 7.05 Å². The van der Waals surface area contributed by atoms with Gasteiger partial charge in [-0.15, -0.1) is 0 Å². The van der Waals surface area contributed by atoms with E-state index >= 15 is 0 Å². The number of aromatic nitrogens is 4. The maximum absolute atomic E-state index is 11.6. The van der Waals surface area contributed by atoms with Gasteiger partial charge in [-0.1, -0.05) is 6.92 Å². The van der Waals surface area contributed by atoms with Gasteiger partial charge >= 0.3 is 5.69 Å². The van der Waals surface area contributed by atoms with Crippen LogP contribution in [0.3, 0.4) is 0 Å². The fraction of sp³-hybridized carbons (Fsp3) is 0.400. The van der Waals surface area contributed by atoms with E-state index in [1.807, 2.05) is 0 Å². The number of aliphatic hydroxyl groups excluding tert-OH is 1. The standard InChI is InChI=1S/C10H12N4O3/c1-3-6(15)5-4-11-8-7(12-5)9(16)13-10(17)14(8)2/h4,6,15H,3H2,1-2H3,(H,13,16,17). The zero-order chi connectivity index (χ0) is 12.6. The average Bonchev–Trinajstić information content (AvgIpc) is 2.34. The highest BCUT2D eigenvalue weighted by atomic mass is 16.3. The zero-order valence-electron chi connectivity index (χ0n) is 9.47. The molecule has 0 saturated heterocycles. The monoisotopic (exact) mass is 236 g/mol. The zero-order valence-corrected chi connectivity index (χ0v) is 9.47. The number of nitrogens with zero attached hydrogens (tertiary/aromatic N) is 3. The quantitative estimate of drug-likeness (QED) is 0.729. The van der Waals surface area contributed by atoms with Crippen molar-refractivity contribution in [2.45, 2.75) is 19.4 Å². The van der Waals surface area contributed by atoms with Crippen LogP contribution in [0.5, 0.6) is 0 Å². The van der Waals surface area contributed by atoms with Crippen LogP contribution in [-0.2, 0) is 7.05 Å². The largest absolute Gasteiger partial charge is 0.387 e. The van der Waals surface area contributed by atoms with E-state index in [4.69, 9.17) is 0 Å². The summed E-state index contributed by atoms with van der Waals surface area (Å²) in [7, 11) is 1.49. The normalized spacial score (nSPS) is 12.9. The number of rotatable bonds is 2. The van der Waals surface area contributed by atoms with E-state index in [1.54, 1.807) is 6.92 Å². The first-order chi connectivity index (χ1) is 8.04. The summed E-state index contributed by atoms with van der Waals surface area (Å²) in [5, 5.41) is 9.62. The van der Waals surface area contributed by atoms with Gasteiger partial charge in [-0.05, 0) is 6.42 Å². The molecule has 7 nitrogen and oxygen atoms in total. The summed E-state index contributed by atoms with van der Waals surface area (Å²) in [4.78, 5) is 33.0. The lowest BCUT2D eigenvalue weighted by molar-refractivity contribution is 0.169. The molecule has 2 aromatic rings. The van der Waals surface area contributed by atoms with E-state index in [-0.39, 0.29) is 11.2 Å². The molecule has 1 atom stereocenters. The van der Waals surface area contributed by atoms with E-state index in [9.17, 15) is 14.7 Å². The first-order valence-corrected chi connectivity index (χ1v) is 5.18. The van der Waals surface area contributed by atoms with Crippen LogP contribution in [0.25, 0.3) is 11.2 Å². The van der Waals surface area contributed by atoms with E-state index in [0.29, 0.717) is 12.1 Å². The second-order valence-electron chi connectivity index (χ2n) is 3.71.